The Morgan fingerprint density at radius 3 is 2.71 bits per heavy atom. The first-order valence-corrected chi connectivity index (χ1v) is 10.8. The van der Waals surface area contributed by atoms with Crippen LogP contribution in [0.5, 0.6) is 5.75 Å². The van der Waals surface area contributed by atoms with Crippen LogP contribution in [0.4, 0.5) is 5.82 Å². The van der Waals surface area contributed by atoms with E-state index >= 15 is 0 Å². The molecule has 0 radical (unpaired) electrons. The van der Waals surface area contributed by atoms with Crippen molar-refractivity contribution < 1.29 is 14.3 Å². The van der Waals surface area contributed by atoms with Gasteiger partial charge < -0.3 is 19.9 Å². The Morgan fingerprint density at radius 1 is 1.16 bits per heavy atom. The third kappa shape index (κ3) is 4.78. The summed E-state index contributed by atoms with van der Waals surface area (Å²) in [5.41, 5.74) is 1.95. The van der Waals surface area contributed by atoms with Crippen LogP contribution < -0.4 is 10.1 Å². The molecule has 1 aromatic heterocycles. The Kier molecular flexibility index (Phi) is 6.34. The third-order valence-corrected chi connectivity index (χ3v) is 6.00. The Balaban J connectivity index is 1.46. The topological polar surface area (TPSA) is 87.7 Å². The molecule has 3 heterocycles. The highest BCUT2D eigenvalue weighted by molar-refractivity contribution is 5.78. The van der Waals surface area contributed by atoms with E-state index in [1.807, 2.05) is 42.3 Å². The second-order valence-corrected chi connectivity index (χ2v) is 8.08. The SMILES string of the molecule is CNc1nc(C2CCCN(C(C)=O)C2)nc2c1CN(C(=O)COc1ccccc1)CC2. The molecule has 2 aliphatic rings. The lowest BCUT2D eigenvalue weighted by atomic mass is 9.96. The number of likely N-dealkylation sites (tertiary alicyclic amines) is 1. The standard InChI is InChI=1S/C23H29N5O3/c1-16(29)27-11-6-7-17(13-27)22-25-20-10-12-28(14-19(20)23(24-2)26-22)21(30)15-31-18-8-4-3-5-9-18/h3-5,8-9,17H,6-7,10-15H2,1-2H3,(H,24,25,26). The van der Waals surface area contributed by atoms with Gasteiger partial charge in [0.05, 0.1) is 12.2 Å². The zero-order valence-electron chi connectivity index (χ0n) is 18.1. The van der Waals surface area contributed by atoms with Crippen LogP contribution in [-0.4, -0.2) is 64.9 Å². The van der Waals surface area contributed by atoms with E-state index in [-0.39, 0.29) is 24.3 Å². The number of anilines is 1. The van der Waals surface area contributed by atoms with Gasteiger partial charge in [-0.1, -0.05) is 18.2 Å². The van der Waals surface area contributed by atoms with Gasteiger partial charge >= 0.3 is 0 Å². The van der Waals surface area contributed by atoms with Crippen LogP contribution >= 0.6 is 0 Å². The molecule has 2 amide bonds. The van der Waals surface area contributed by atoms with Gasteiger partial charge in [0.1, 0.15) is 17.4 Å². The fourth-order valence-corrected chi connectivity index (χ4v) is 4.26. The first kappa shape index (κ1) is 21.1. The number of hydrogen-bond acceptors (Lipinski definition) is 6. The van der Waals surface area contributed by atoms with Gasteiger partial charge in [0.25, 0.3) is 5.91 Å². The number of piperidine rings is 1. The highest BCUT2D eigenvalue weighted by Gasteiger charge is 2.29. The van der Waals surface area contributed by atoms with Crippen LogP contribution in [0.3, 0.4) is 0 Å². The van der Waals surface area contributed by atoms with E-state index in [0.717, 1.165) is 42.3 Å². The molecule has 164 valence electrons. The van der Waals surface area contributed by atoms with E-state index in [0.29, 0.717) is 31.8 Å². The van der Waals surface area contributed by atoms with Gasteiger partial charge in [-0.05, 0) is 25.0 Å². The summed E-state index contributed by atoms with van der Waals surface area (Å²) in [4.78, 5) is 37.8. The summed E-state index contributed by atoms with van der Waals surface area (Å²) in [5, 5.41) is 3.19. The average Bonchev–Trinajstić information content (AvgIpc) is 2.82. The molecule has 4 rings (SSSR count). The quantitative estimate of drug-likeness (QED) is 0.793. The number of rotatable bonds is 5. The maximum Gasteiger partial charge on any atom is 0.260 e. The summed E-state index contributed by atoms with van der Waals surface area (Å²) in [6.45, 7) is 4.16. The first-order chi connectivity index (χ1) is 15.0. The van der Waals surface area contributed by atoms with Gasteiger partial charge in [0.2, 0.25) is 5.91 Å². The van der Waals surface area contributed by atoms with Gasteiger partial charge in [-0.15, -0.1) is 0 Å². The van der Waals surface area contributed by atoms with Crippen LogP contribution in [-0.2, 0) is 22.6 Å². The molecular weight excluding hydrogens is 394 g/mol. The van der Waals surface area contributed by atoms with E-state index in [1.54, 1.807) is 11.8 Å². The molecule has 0 spiro atoms. The minimum Gasteiger partial charge on any atom is -0.484 e. The zero-order valence-corrected chi connectivity index (χ0v) is 18.1. The van der Waals surface area contributed by atoms with E-state index in [2.05, 4.69) is 5.32 Å². The van der Waals surface area contributed by atoms with Gasteiger partial charge in [-0.2, -0.15) is 0 Å². The smallest absolute Gasteiger partial charge is 0.260 e. The molecule has 8 nitrogen and oxygen atoms in total. The monoisotopic (exact) mass is 423 g/mol. The molecule has 2 aromatic rings. The van der Waals surface area contributed by atoms with Crippen molar-refractivity contribution >= 4 is 17.6 Å². The van der Waals surface area contributed by atoms with Crippen molar-refractivity contribution in [3.63, 3.8) is 0 Å². The number of aromatic nitrogens is 2. The second-order valence-electron chi connectivity index (χ2n) is 8.08. The summed E-state index contributed by atoms with van der Waals surface area (Å²) in [6.07, 6.45) is 2.62. The molecule has 8 heteroatoms. The molecular formula is C23H29N5O3. The van der Waals surface area contributed by atoms with Crippen molar-refractivity contribution in [3.8, 4) is 5.75 Å². The van der Waals surface area contributed by atoms with Crippen LogP contribution in [0.25, 0.3) is 0 Å². The maximum absolute atomic E-state index is 12.7. The second kappa shape index (κ2) is 9.32. The fourth-order valence-electron chi connectivity index (χ4n) is 4.26. The normalized spacial score (nSPS) is 18.3. The lowest BCUT2D eigenvalue weighted by molar-refractivity contribution is -0.134. The largest absolute Gasteiger partial charge is 0.484 e. The molecule has 2 aliphatic heterocycles. The number of fused-ring (bicyclic) bond motifs is 1. The van der Waals surface area contributed by atoms with Crippen molar-refractivity contribution in [1.82, 2.24) is 19.8 Å². The number of benzene rings is 1. The highest BCUT2D eigenvalue weighted by Crippen LogP contribution is 2.30. The Bertz CT molecular complexity index is 932. The number of amides is 2. The van der Waals surface area contributed by atoms with Crippen molar-refractivity contribution in [3.05, 3.63) is 47.4 Å². The van der Waals surface area contributed by atoms with E-state index in [1.165, 1.54) is 0 Å². The Hall–Kier alpha value is -3.16. The maximum atomic E-state index is 12.7. The lowest BCUT2D eigenvalue weighted by Crippen LogP contribution is -2.40. The Labute approximate surface area is 182 Å². The highest BCUT2D eigenvalue weighted by atomic mass is 16.5. The summed E-state index contributed by atoms with van der Waals surface area (Å²) in [6, 6.07) is 9.35. The number of carbonyl (C=O) groups excluding carboxylic acids is 2. The van der Waals surface area contributed by atoms with Crippen LogP contribution in [0, 0.1) is 0 Å². The van der Waals surface area contributed by atoms with E-state index in [9.17, 15) is 9.59 Å². The predicted octanol–water partition coefficient (Wildman–Crippen LogP) is 2.21. The molecule has 1 N–H and O–H groups in total. The van der Waals surface area contributed by atoms with E-state index in [4.69, 9.17) is 14.7 Å². The minimum atomic E-state index is -0.0509. The Morgan fingerprint density at radius 2 is 1.97 bits per heavy atom. The predicted molar refractivity (Wildman–Crippen MR) is 117 cm³/mol. The first-order valence-electron chi connectivity index (χ1n) is 10.8. The van der Waals surface area contributed by atoms with E-state index < -0.39 is 0 Å². The van der Waals surface area contributed by atoms with Crippen molar-refractivity contribution in [2.45, 2.75) is 38.6 Å². The molecule has 1 aromatic carbocycles. The van der Waals surface area contributed by atoms with Gasteiger partial charge in [0.15, 0.2) is 6.61 Å². The van der Waals surface area contributed by atoms with Crippen LogP contribution in [0.15, 0.2) is 30.3 Å². The zero-order chi connectivity index (χ0) is 21.8. The number of nitrogens with one attached hydrogen (secondary N) is 1. The van der Waals surface area contributed by atoms with Gasteiger partial charge in [0, 0.05) is 51.5 Å². The molecule has 0 saturated carbocycles. The molecule has 31 heavy (non-hydrogen) atoms. The fraction of sp³-hybridized carbons (Fsp3) is 0.478. The molecule has 1 fully saturated rings. The summed E-state index contributed by atoms with van der Waals surface area (Å²) in [7, 11) is 1.84. The van der Waals surface area contributed by atoms with Gasteiger partial charge in [-0.25, -0.2) is 9.97 Å². The van der Waals surface area contributed by atoms with Crippen molar-refractivity contribution in [2.75, 3.05) is 38.6 Å². The summed E-state index contributed by atoms with van der Waals surface area (Å²) < 4.78 is 5.62. The molecule has 1 unspecified atom stereocenters. The molecule has 0 bridgehead atoms. The average molecular weight is 424 g/mol. The number of hydrogen-bond donors (Lipinski definition) is 1. The number of nitrogens with zero attached hydrogens (tertiary/aromatic N) is 4. The molecule has 1 saturated heterocycles. The van der Waals surface area contributed by atoms with Crippen LogP contribution in [0.1, 0.15) is 42.8 Å². The third-order valence-electron chi connectivity index (χ3n) is 6.00. The molecule has 1 atom stereocenters. The van der Waals surface area contributed by atoms with Crippen molar-refractivity contribution in [2.24, 2.45) is 0 Å². The van der Waals surface area contributed by atoms with Crippen molar-refractivity contribution in [1.29, 1.82) is 0 Å². The van der Waals surface area contributed by atoms with Crippen LogP contribution in [0.2, 0.25) is 0 Å². The lowest BCUT2D eigenvalue weighted by Gasteiger charge is -2.33. The molecule has 0 aliphatic carbocycles. The number of carbonyl (C=O) groups is 2. The van der Waals surface area contributed by atoms with Gasteiger partial charge in [-0.3, -0.25) is 9.59 Å². The number of ether oxygens (including phenoxy) is 1. The summed E-state index contributed by atoms with van der Waals surface area (Å²) >= 11 is 0. The number of para-hydroxylation sites is 1. The summed E-state index contributed by atoms with van der Waals surface area (Å²) in [5.74, 6) is 2.44. The minimum absolute atomic E-state index is 0.0100.